The van der Waals surface area contributed by atoms with Gasteiger partial charge in [-0.05, 0) is 14.0 Å². The minimum absolute atomic E-state index is 0.0749. The number of aromatic nitrogens is 2. The fourth-order valence-electron chi connectivity index (χ4n) is 2.47. The predicted molar refractivity (Wildman–Crippen MR) is 77.0 cm³/mol. The fraction of sp³-hybridized carbons (Fsp3) is 0.750. The zero-order valence-corrected chi connectivity index (χ0v) is 12.3. The molecule has 112 valence electrons. The summed E-state index contributed by atoms with van der Waals surface area (Å²) in [5, 5.41) is 18.3. The van der Waals surface area contributed by atoms with Crippen molar-refractivity contribution >= 4 is 11.5 Å². The first-order chi connectivity index (χ1) is 9.49. The van der Waals surface area contributed by atoms with Crippen LogP contribution in [0.1, 0.15) is 5.69 Å². The summed E-state index contributed by atoms with van der Waals surface area (Å²) in [6.07, 6.45) is 0. The number of anilines is 1. The van der Waals surface area contributed by atoms with Crippen LogP contribution in [0, 0.1) is 17.0 Å². The summed E-state index contributed by atoms with van der Waals surface area (Å²) in [7, 11) is 3.84. The van der Waals surface area contributed by atoms with Gasteiger partial charge < -0.3 is 10.2 Å². The van der Waals surface area contributed by atoms with Gasteiger partial charge in [-0.3, -0.25) is 15.0 Å². The van der Waals surface area contributed by atoms with E-state index in [4.69, 9.17) is 0 Å². The van der Waals surface area contributed by atoms with Crippen molar-refractivity contribution in [2.45, 2.75) is 6.92 Å². The van der Waals surface area contributed by atoms with Gasteiger partial charge in [0, 0.05) is 46.3 Å². The summed E-state index contributed by atoms with van der Waals surface area (Å²) >= 11 is 0. The van der Waals surface area contributed by atoms with Crippen LogP contribution in [0.15, 0.2) is 0 Å². The Kier molecular flexibility index (Phi) is 4.56. The number of nitro groups is 1. The standard InChI is InChI=1S/C12H22N6O2/c1-10-11(18(19)20)12(16(3)14-10)13-4-5-17-8-6-15(2)7-9-17/h13H,4-9H2,1-3H3. The molecule has 1 aromatic rings. The van der Waals surface area contributed by atoms with Gasteiger partial charge in [-0.15, -0.1) is 0 Å². The monoisotopic (exact) mass is 282 g/mol. The van der Waals surface area contributed by atoms with Gasteiger partial charge in [0.2, 0.25) is 5.82 Å². The minimum atomic E-state index is -0.374. The Morgan fingerprint density at radius 3 is 2.55 bits per heavy atom. The fourth-order valence-corrected chi connectivity index (χ4v) is 2.47. The third-order valence-corrected chi connectivity index (χ3v) is 3.69. The normalized spacial score (nSPS) is 17.4. The van der Waals surface area contributed by atoms with E-state index in [1.165, 1.54) is 4.68 Å². The van der Waals surface area contributed by atoms with E-state index in [2.05, 4.69) is 27.3 Å². The molecule has 0 saturated carbocycles. The summed E-state index contributed by atoms with van der Waals surface area (Å²) in [6, 6.07) is 0. The average Bonchev–Trinajstić information content (AvgIpc) is 2.66. The molecule has 0 unspecified atom stereocenters. The lowest BCUT2D eigenvalue weighted by Crippen LogP contribution is -2.45. The zero-order chi connectivity index (χ0) is 14.7. The van der Waals surface area contributed by atoms with E-state index in [1.807, 2.05) is 0 Å². The Bertz CT molecular complexity index is 479. The molecule has 1 aliphatic rings. The number of hydrogen-bond donors (Lipinski definition) is 1. The van der Waals surface area contributed by atoms with Crippen LogP contribution >= 0.6 is 0 Å². The quantitative estimate of drug-likeness (QED) is 0.618. The van der Waals surface area contributed by atoms with E-state index in [9.17, 15) is 10.1 Å². The van der Waals surface area contributed by atoms with Gasteiger partial charge in [0.25, 0.3) is 0 Å². The van der Waals surface area contributed by atoms with E-state index in [1.54, 1.807) is 14.0 Å². The Morgan fingerprint density at radius 2 is 1.95 bits per heavy atom. The molecule has 2 rings (SSSR count). The molecule has 0 atom stereocenters. The van der Waals surface area contributed by atoms with Crippen molar-refractivity contribution in [1.82, 2.24) is 19.6 Å². The lowest BCUT2D eigenvalue weighted by atomic mass is 10.3. The molecule has 1 fully saturated rings. The van der Waals surface area contributed by atoms with E-state index >= 15 is 0 Å². The molecular formula is C12H22N6O2. The Hall–Kier alpha value is -1.67. The van der Waals surface area contributed by atoms with Gasteiger partial charge in [-0.1, -0.05) is 0 Å². The first kappa shape index (κ1) is 14.7. The van der Waals surface area contributed by atoms with Crippen LogP contribution in [0.3, 0.4) is 0 Å². The predicted octanol–water partition coefficient (Wildman–Crippen LogP) is 0.296. The molecule has 1 saturated heterocycles. The Balaban J connectivity index is 1.90. The highest BCUT2D eigenvalue weighted by Gasteiger charge is 2.23. The molecule has 0 spiro atoms. The van der Waals surface area contributed by atoms with Crippen molar-refractivity contribution in [3.05, 3.63) is 15.8 Å². The molecule has 0 radical (unpaired) electrons. The average molecular weight is 282 g/mol. The van der Waals surface area contributed by atoms with Gasteiger partial charge in [0.1, 0.15) is 5.69 Å². The second-order valence-electron chi connectivity index (χ2n) is 5.24. The van der Waals surface area contributed by atoms with E-state index in [0.29, 0.717) is 18.1 Å². The SMILES string of the molecule is Cc1nn(C)c(NCCN2CCN(C)CC2)c1[N+](=O)[O-]. The van der Waals surface area contributed by atoms with Crippen molar-refractivity contribution < 1.29 is 4.92 Å². The van der Waals surface area contributed by atoms with Gasteiger partial charge in [0.15, 0.2) is 0 Å². The number of piperazine rings is 1. The number of rotatable bonds is 5. The number of hydrogen-bond acceptors (Lipinski definition) is 6. The minimum Gasteiger partial charge on any atom is -0.363 e. The Morgan fingerprint density at radius 1 is 1.30 bits per heavy atom. The number of aryl methyl sites for hydroxylation is 2. The third kappa shape index (κ3) is 3.26. The van der Waals surface area contributed by atoms with Crippen molar-refractivity contribution in [2.75, 3.05) is 51.6 Å². The first-order valence-electron chi connectivity index (χ1n) is 6.82. The van der Waals surface area contributed by atoms with Crippen LogP contribution in [0.5, 0.6) is 0 Å². The van der Waals surface area contributed by atoms with Crippen LogP contribution in [0.25, 0.3) is 0 Å². The van der Waals surface area contributed by atoms with E-state index in [0.717, 1.165) is 32.7 Å². The van der Waals surface area contributed by atoms with Gasteiger partial charge in [-0.2, -0.15) is 5.10 Å². The highest BCUT2D eigenvalue weighted by molar-refractivity contribution is 5.59. The molecule has 20 heavy (non-hydrogen) atoms. The molecule has 0 bridgehead atoms. The molecule has 1 aromatic heterocycles. The van der Waals surface area contributed by atoms with Crippen molar-refractivity contribution in [3.8, 4) is 0 Å². The van der Waals surface area contributed by atoms with Crippen LogP contribution in [-0.4, -0.2) is 70.8 Å². The summed E-state index contributed by atoms with van der Waals surface area (Å²) in [5.41, 5.74) is 0.519. The van der Waals surface area contributed by atoms with Gasteiger partial charge >= 0.3 is 5.69 Å². The molecule has 1 aliphatic heterocycles. The topological polar surface area (TPSA) is 79.5 Å². The van der Waals surface area contributed by atoms with Crippen LogP contribution < -0.4 is 5.32 Å². The molecule has 8 nitrogen and oxygen atoms in total. The summed E-state index contributed by atoms with van der Waals surface area (Å²) < 4.78 is 1.54. The van der Waals surface area contributed by atoms with Crippen molar-refractivity contribution in [2.24, 2.45) is 7.05 Å². The third-order valence-electron chi connectivity index (χ3n) is 3.69. The van der Waals surface area contributed by atoms with Crippen molar-refractivity contribution in [1.29, 1.82) is 0 Å². The smallest absolute Gasteiger partial charge is 0.333 e. The first-order valence-corrected chi connectivity index (χ1v) is 6.82. The number of likely N-dealkylation sites (N-methyl/N-ethyl adjacent to an activating group) is 1. The lowest BCUT2D eigenvalue weighted by Gasteiger charge is -2.32. The number of nitrogens with one attached hydrogen (secondary N) is 1. The molecule has 0 aromatic carbocycles. The maximum Gasteiger partial charge on any atom is 0.333 e. The summed E-state index contributed by atoms with van der Waals surface area (Å²) in [6.45, 7) is 7.47. The second-order valence-corrected chi connectivity index (χ2v) is 5.24. The molecule has 8 heteroatoms. The van der Waals surface area contributed by atoms with Crippen molar-refractivity contribution in [3.63, 3.8) is 0 Å². The van der Waals surface area contributed by atoms with E-state index < -0.39 is 0 Å². The summed E-state index contributed by atoms with van der Waals surface area (Å²) in [4.78, 5) is 15.3. The highest BCUT2D eigenvalue weighted by Crippen LogP contribution is 2.26. The second kappa shape index (κ2) is 6.19. The molecule has 0 aliphatic carbocycles. The molecule has 1 N–H and O–H groups in total. The van der Waals surface area contributed by atoms with Crippen LogP contribution in [0.4, 0.5) is 11.5 Å². The zero-order valence-electron chi connectivity index (χ0n) is 12.3. The molecule has 2 heterocycles. The molecule has 0 amide bonds. The van der Waals surface area contributed by atoms with Crippen LogP contribution in [-0.2, 0) is 7.05 Å². The maximum atomic E-state index is 11.1. The highest BCUT2D eigenvalue weighted by atomic mass is 16.6. The van der Waals surface area contributed by atoms with Gasteiger partial charge in [-0.25, -0.2) is 4.68 Å². The van der Waals surface area contributed by atoms with E-state index in [-0.39, 0.29) is 10.6 Å². The van der Waals surface area contributed by atoms with Gasteiger partial charge in [0.05, 0.1) is 4.92 Å². The lowest BCUT2D eigenvalue weighted by molar-refractivity contribution is -0.384. The molecular weight excluding hydrogens is 260 g/mol. The largest absolute Gasteiger partial charge is 0.363 e. The Labute approximate surface area is 118 Å². The van der Waals surface area contributed by atoms with Crippen LogP contribution in [0.2, 0.25) is 0 Å². The summed E-state index contributed by atoms with van der Waals surface area (Å²) in [5.74, 6) is 0.488. The number of nitrogens with zero attached hydrogens (tertiary/aromatic N) is 5. The maximum absolute atomic E-state index is 11.1.